The lowest BCUT2D eigenvalue weighted by Gasteiger charge is -2.12. The Bertz CT molecular complexity index is 604. The third-order valence-electron chi connectivity index (χ3n) is 2.75. The molecule has 0 aliphatic heterocycles. The van der Waals surface area contributed by atoms with Gasteiger partial charge in [0.2, 0.25) is 0 Å². The summed E-state index contributed by atoms with van der Waals surface area (Å²) in [7, 11) is 1.61. The van der Waals surface area contributed by atoms with Gasteiger partial charge in [-0.1, -0.05) is 6.07 Å². The van der Waals surface area contributed by atoms with Crippen LogP contribution in [-0.4, -0.2) is 15.4 Å². The van der Waals surface area contributed by atoms with Crippen molar-refractivity contribution in [2.75, 3.05) is 0 Å². The summed E-state index contributed by atoms with van der Waals surface area (Å²) in [6, 6.07) is 5.00. The normalized spacial score (nSPS) is 12.1. The summed E-state index contributed by atoms with van der Waals surface area (Å²) in [4.78, 5) is 23.2. The highest BCUT2D eigenvalue weighted by molar-refractivity contribution is 7.10. The number of nitrogens with zero attached hydrogens (tertiary/aromatic N) is 2. The maximum absolute atomic E-state index is 12.1. The second kappa shape index (κ2) is 5.23. The summed E-state index contributed by atoms with van der Waals surface area (Å²) in [5.74, 6) is -0.323. The highest BCUT2D eigenvalue weighted by atomic mass is 32.1. The van der Waals surface area contributed by atoms with E-state index in [4.69, 9.17) is 0 Å². The highest BCUT2D eigenvalue weighted by Gasteiger charge is 2.19. The van der Waals surface area contributed by atoms with E-state index in [9.17, 15) is 14.9 Å². The van der Waals surface area contributed by atoms with E-state index in [0.29, 0.717) is 0 Å². The van der Waals surface area contributed by atoms with Crippen LogP contribution in [-0.2, 0) is 7.05 Å². The summed E-state index contributed by atoms with van der Waals surface area (Å²) < 4.78 is 1.45. The second-order valence-electron chi connectivity index (χ2n) is 4.16. The predicted octanol–water partition coefficient (Wildman–Crippen LogP) is 2.49. The molecule has 2 heterocycles. The van der Waals surface area contributed by atoms with Crippen LogP contribution in [0.4, 0.5) is 5.69 Å². The van der Waals surface area contributed by atoms with Crippen LogP contribution in [0.2, 0.25) is 0 Å². The van der Waals surface area contributed by atoms with E-state index in [-0.39, 0.29) is 23.3 Å². The average molecular weight is 279 g/mol. The molecule has 0 fully saturated rings. The van der Waals surface area contributed by atoms with Gasteiger partial charge in [-0.15, -0.1) is 11.3 Å². The SMILES string of the molecule is C[C@@H](NC(=O)c1cc([N+](=O)[O-])cn1C)c1cccs1. The number of rotatable bonds is 4. The number of thiophene rings is 1. The Morgan fingerprint density at radius 3 is 2.84 bits per heavy atom. The van der Waals surface area contributed by atoms with Crippen LogP contribution < -0.4 is 5.32 Å². The van der Waals surface area contributed by atoms with Crippen molar-refractivity contribution in [2.45, 2.75) is 13.0 Å². The first-order valence-corrected chi connectivity index (χ1v) is 6.52. The van der Waals surface area contributed by atoms with Crippen LogP contribution >= 0.6 is 11.3 Å². The Balaban J connectivity index is 2.14. The number of carbonyl (C=O) groups excluding carboxylic acids is 1. The fourth-order valence-electron chi connectivity index (χ4n) is 1.75. The smallest absolute Gasteiger partial charge is 0.287 e. The maximum Gasteiger partial charge on any atom is 0.287 e. The summed E-state index contributed by atoms with van der Waals surface area (Å²) in [6.07, 6.45) is 1.32. The van der Waals surface area contributed by atoms with E-state index >= 15 is 0 Å². The molecule has 19 heavy (non-hydrogen) atoms. The molecule has 2 rings (SSSR count). The number of aromatic nitrogens is 1. The highest BCUT2D eigenvalue weighted by Crippen LogP contribution is 2.20. The van der Waals surface area contributed by atoms with E-state index in [2.05, 4.69) is 5.32 Å². The molecule has 1 amide bonds. The van der Waals surface area contributed by atoms with Crippen molar-refractivity contribution in [1.29, 1.82) is 0 Å². The van der Waals surface area contributed by atoms with Crippen LogP contribution in [0, 0.1) is 10.1 Å². The van der Waals surface area contributed by atoms with Crippen LogP contribution in [0.25, 0.3) is 0 Å². The molecule has 1 N–H and O–H groups in total. The zero-order valence-electron chi connectivity index (χ0n) is 10.5. The Morgan fingerprint density at radius 1 is 1.58 bits per heavy atom. The molecule has 0 radical (unpaired) electrons. The first kappa shape index (κ1) is 13.3. The summed E-state index contributed by atoms with van der Waals surface area (Å²) in [5, 5.41) is 15.4. The number of amides is 1. The van der Waals surface area contributed by atoms with Gasteiger partial charge in [0.15, 0.2) is 0 Å². The Kier molecular flexibility index (Phi) is 3.66. The molecular formula is C12H13N3O3S. The third-order valence-corrected chi connectivity index (χ3v) is 3.81. The Hall–Kier alpha value is -2.15. The zero-order chi connectivity index (χ0) is 14.0. The van der Waals surface area contributed by atoms with Crippen molar-refractivity contribution in [3.63, 3.8) is 0 Å². The number of hydrogen-bond acceptors (Lipinski definition) is 4. The molecule has 7 heteroatoms. The molecule has 0 aliphatic carbocycles. The standard InChI is InChI=1S/C12H13N3O3S/c1-8(11-4-3-5-19-11)13-12(16)10-6-9(15(17)18)7-14(10)2/h3-8H,1-2H3,(H,13,16)/t8-/m1/s1. The van der Waals surface area contributed by atoms with Gasteiger partial charge < -0.3 is 9.88 Å². The summed E-state index contributed by atoms with van der Waals surface area (Å²) in [6.45, 7) is 1.88. The van der Waals surface area contributed by atoms with Crippen molar-refractivity contribution in [1.82, 2.24) is 9.88 Å². The molecule has 2 aromatic heterocycles. The molecule has 0 aliphatic rings. The number of nitrogens with one attached hydrogen (secondary N) is 1. The molecule has 0 spiro atoms. The number of carbonyl (C=O) groups is 1. The maximum atomic E-state index is 12.1. The minimum Gasteiger partial charge on any atom is -0.343 e. The van der Waals surface area contributed by atoms with Crippen LogP contribution in [0.5, 0.6) is 0 Å². The van der Waals surface area contributed by atoms with Crippen LogP contribution in [0.3, 0.4) is 0 Å². The van der Waals surface area contributed by atoms with Crippen molar-refractivity contribution < 1.29 is 9.72 Å². The van der Waals surface area contributed by atoms with Crippen molar-refractivity contribution >= 4 is 22.9 Å². The van der Waals surface area contributed by atoms with E-state index in [0.717, 1.165) is 4.88 Å². The Labute approximate surface area is 113 Å². The van der Waals surface area contributed by atoms with Crippen LogP contribution in [0.15, 0.2) is 29.8 Å². The van der Waals surface area contributed by atoms with E-state index in [1.54, 1.807) is 18.4 Å². The van der Waals surface area contributed by atoms with Crippen LogP contribution in [0.1, 0.15) is 28.3 Å². The molecule has 0 saturated carbocycles. The number of nitro groups is 1. The third kappa shape index (κ3) is 2.82. The quantitative estimate of drug-likeness (QED) is 0.690. The topological polar surface area (TPSA) is 77.2 Å². The molecule has 6 nitrogen and oxygen atoms in total. The van der Waals surface area contributed by atoms with Gasteiger partial charge in [-0.25, -0.2) is 0 Å². The van der Waals surface area contributed by atoms with Gasteiger partial charge in [0.1, 0.15) is 5.69 Å². The molecule has 1 atom stereocenters. The lowest BCUT2D eigenvalue weighted by molar-refractivity contribution is -0.384. The van der Waals surface area contributed by atoms with Gasteiger partial charge in [-0.3, -0.25) is 14.9 Å². The minimum absolute atomic E-state index is 0.0866. The van der Waals surface area contributed by atoms with E-state index in [1.807, 2.05) is 24.4 Å². The first-order chi connectivity index (χ1) is 8.99. The molecule has 0 saturated heterocycles. The fourth-order valence-corrected chi connectivity index (χ4v) is 2.49. The average Bonchev–Trinajstić information content (AvgIpc) is 2.97. The van der Waals surface area contributed by atoms with Crippen molar-refractivity contribution in [2.24, 2.45) is 7.05 Å². The second-order valence-corrected chi connectivity index (χ2v) is 5.14. The molecule has 0 unspecified atom stereocenters. The summed E-state index contributed by atoms with van der Waals surface area (Å²) in [5.41, 5.74) is 0.187. The van der Waals surface area contributed by atoms with Crippen molar-refractivity contribution in [3.8, 4) is 0 Å². The lowest BCUT2D eigenvalue weighted by atomic mass is 10.2. The van der Waals surface area contributed by atoms with Gasteiger partial charge in [0.25, 0.3) is 11.6 Å². The zero-order valence-corrected chi connectivity index (χ0v) is 11.3. The molecule has 100 valence electrons. The largest absolute Gasteiger partial charge is 0.343 e. The van der Waals surface area contributed by atoms with Gasteiger partial charge in [0.05, 0.1) is 17.2 Å². The minimum atomic E-state index is -0.514. The number of aryl methyl sites for hydroxylation is 1. The fraction of sp³-hybridized carbons (Fsp3) is 0.250. The van der Waals surface area contributed by atoms with Crippen molar-refractivity contribution in [3.05, 3.63) is 50.5 Å². The lowest BCUT2D eigenvalue weighted by Crippen LogP contribution is -2.27. The predicted molar refractivity (Wildman–Crippen MR) is 72.3 cm³/mol. The van der Waals surface area contributed by atoms with Gasteiger partial charge in [-0.05, 0) is 18.4 Å². The number of hydrogen-bond donors (Lipinski definition) is 1. The monoisotopic (exact) mass is 279 g/mol. The van der Waals surface area contributed by atoms with E-state index < -0.39 is 4.92 Å². The Morgan fingerprint density at radius 2 is 2.32 bits per heavy atom. The van der Waals surface area contributed by atoms with E-state index in [1.165, 1.54) is 16.8 Å². The first-order valence-electron chi connectivity index (χ1n) is 5.64. The molecule has 0 bridgehead atoms. The molecule has 0 aromatic carbocycles. The van der Waals surface area contributed by atoms with Gasteiger partial charge in [0, 0.05) is 18.0 Å². The summed E-state index contributed by atoms with van der Waals surface area (Å²) >= 11 is 1.55. The van der Waals surface area contributed by atoms with Gasteiger partial charge in [-0.2, -0.15) is 0 Å². The molecular weight excluding hydrogens is 266 g/mol. The molecule has 2 aromatic rings. The van der Waals surface area contributed by atoms with Gasteiger partial charge >= 0.3 is 0 Å².